The Labute approximate surface area is 129 Å². The quantitative estimate of drug-likeness (QED) is 0.707. The molecule has 0 atom stereocenters. The van der Waals surface area contributed by atoms with E-state index < -0.39 is 11.7 Å². The van der Waals surface area contributed by atoms with Crippen LogP contribution in [0.4, 0.5) is 18.9 Å². The molecule has 0 amide bonds. The number of hydrogen-bond acceptors (Lipinski definition) is 1. The van der Waals surface area contributed by atoms with Crippen LogP contribution in [0, 0.1) is 10.5 Å². The number of anilines is 1. The van der Waals surface area contributed by atoms with Gasteiger partial charge in [0.2, 0.25) is 0 Å². The summed E-state index contributed by atoms with van der Waals surface area (Å²) >= 11 is 2.20. The van der Waals surface area contributed by atoms with E-state index in [9.17, 15) is 13.2 Å². The third-order valence-electron chi connectivity index (χ3n) is 2.98. The molecule has 2 aromatic rings. The minimum atomic E-state index is -4.32. The van der Waals surface area contributed by atoms with E-state index in [1.165, 1.54) is 12.1 Å². The second-order valence-electron chi connectivity index (χ2n) is 4.47. The molecule has 0 aliphatic carbocycles. The molecule has 1 N–H and O–H groups in total. The maximum atomic E-state index is 12.9. The van der Waals surface area contributed by atoms with Crippen molar-refractivity contribution < 1.29 is 13.2 Å². The van der Waals surface area contributed by atoms with Gasteiger partial charge in [-0.2, -0.15) is 13.2 Å². The molecule has 0 saturated heterocycles. The van der Waals surface area contributed by atoms with Crippen LogP contribution in [0.5, 0.6) is 0 Å². The largest absolute Gasteiger partial charge is 0.416 e. The van der Waals surface area contributed by atoms with Gasteiger partial charge in [-0.3, -0.25) is 0 Å². The minimum Gasteiger partial charge on any atom is -0.381 e. The number of halogens is 4. The molecule has 0 spiro atoms. The Morgan fingerprint density at radius 1 is 1.10 bits per heavy atom. The Morgan fingerprint density at radius 3 is 2.45 bits per heavy atom. The molecular formula is C15H13F3IN. The van der Waals surface area contributed by atoms with Crippen LogP contribution in [-0.2, 0) is 12.7 Å². The lowest BCUT2D eigenvalue weighted by Gasteiger charge is -2.14. The Hall–Kier alpha value is -1.24. The van der Waals surface area contributed by atoms with Gasteiger partial charge < -0.3 is 5.32 Å². The summed E-state index contributed by atoms with van der Waals surface area (Å²) in [7, 11) is 0. The highest BCUT2D eigenvalue weighted by Crippen LogP contribution is 2.32. The van der Waals surface area contributed by atoms with Gasteiger partial charge in [-0.15, -0.1) is 0 Å². The predicted octanol–water partition coefficient (Wildman–Crippen LogP) is 5.23. The van der Waals surface area contributed by atoms with E-state index in [0.717, 1.165) is 20.9 Å². The normalized spacial score (nSPS) is 11.4. The number of alkyl halides is 3. The van der Waals surface area contributed by atoms with Crippen LogP contribution in [0.1, 0.15) is 16.7 Å². The van der Waals surface area contributed by atoms with Gasteiger partial charge in [-0.25, -0.2) is 0 Å². The fraction of sp³-hybridized carbons (Fsp3) is 0.200. The van der Waals surface area contributed by atoms with Gasteiger partial charge >= 0.3 is 6.18 Å². The third-order valence-corrected chi connectivity index (χ3v) is 4.14. The number of aryl methyl sites for hydroxylation is 1. The molecule has 0 heterocycles. The summed E-state index contributed by atoms with van der Waals surface area (Å²) in [6.07, 6.45) is -4.32. The third kappa shape index (κ3) is 3.65. The standard InChI is InChI=1S/C15H13F3IN/c1-10-6-7-12(8-14(10)19)20-9-11-4-2-3-5-13(11)15(16,17)18/h2-8,20H,9H2,1H3. The summed E-state index contributed by atoms with van der Waals surface area (Å²) in [6.45, 7) is 2.14. The van der Waals surface area contributed by atoms with Crippen molar-refractivity contribution in [3.63, 3.8) is 0 Å². The Morgan fingerprint density at radius 2 is 1.80 bits per heavy atom. The molecule has 0 fully saturated rings. The van der Waals surface area contributed by atoms with Crippen LogP contribution in [-0.4, -0.2) is 0 Å². The molecule has 0 unspecified atom stereocenters. The molecular weight excluding hydrogens is 378 g/mol. The van der Waals surface area contributed by atoms with E-state index in [2.05, 4.69) is 27.9 Å². The molecule has 0 aliphatic rings. The van der Waals surface area contributed by atoms with Crippen molar-refractivity contribution in [2.24, 2.45) is 0 Å². The van der Waals surface area contributed by atoms with E-state index in [1.807, 2.05) is 25.1 Å². The molecule has 0 aromatic heterocycles. The smallest absolute Gasteiger partial charge is 0.381 e. The maximum absolute atomic E-state index is 12.9. The fourth-order valence-electron chi connectivity index (χ4n) is 1.85. The molecule has 2 rings (SSSR count). The average molecular weight is 391 g/mol. The molecule has 106 valence electrons. The number of rotatable bonds is 3. The highest BCUT2D eigenvalue weighted by Gasteiger charge is 2.32. The minimum absolute atomic E-state index is 0.148. The van der Waals surface area contributed by atoms with Crippen LogP contribution in [0.2, 0.25) is 0 Å². The first kappa shape index (κ1) is 15.2. The molecule has 0 aliphatic heterocycles. The zero-order valence-electron chi connectivity index (χ0n) is 10.8. The molecule has 0 radical (unpaired) electrons. The molecule has 0 saturated carbocycles. The van der Waals surface area contributed by atoms with Gasteiger partial charge in [-0.1, -0.05) is 24.3 Å². The van der Waals surface area contributed by atoms with Crippen molar-refractivity contribution in [1.29, 1.82) is 0 Å². The van der Waals surface area contributed by atoms with Crippen molar-refractivity contribution in [2.75, 3.05) is 5.32 Å². The fourth-order valence-corrected chi connectivity index (χ4v) is 2.37. The van der Waals surface area contributed by atoms with E-state index in [-0.39, 0.29) is 12.1 Å². The first-order chi connectivity index (χ1) is 9.38. The summed E-state index contributed by atoms with van der Waals surface area (Å²) in [5.41, 5.74) is 1.62. The molecule has 1 nitrogen and oxygen atoms in total. The predicted molar refractivity (Wildman–Crippen MR) is 82.7 cm³/mol. The van der Waals surface area contributed by atoms with Crippen molar-refractivity contribution in [1.82, 2.24) is 0 Å². The van der Waals surface area contributed by atoms with Gasteiger partial charge in [0.05, 0.1) is 5.56 Å². The lowest BCUT2D eigenvalue weighted by Crippen LogP contribution is -2.11. The van der Waals surface area contributed by atoms with Crippen LogP contribution in [0.15, 0.2) is 42.5 Å². The van der Waals surface area contributed by atoms with Gasteiger partial charge in [-0.05, 0) is 58.8 Å². The Bertz CT molecular complexity index is 608. The topological polar surface area (TPSA) is 12.0 Å². The first-order valence-electron chi connectivity index (χ1n) is 6.03. The number of benzene rings is 2. The van der Waals surface area contributed by atoms with E-state index >= 15 is 0 Å². The Kier molecular flexibility index (Phi) is 4.57. The maximum Gasteiger partial charge on any atom is 0.416 e. The summed E-state index contributed by atoms with van der Waals surface area (Å²) < 4.78 is 39.7. The van der Waals surface area contributed by atoms with E-state index in [1.54, 1.807) is 6.07 Å². The monoisotopic (exact) mass is 391 g/mol. The van der Waals surface area contributed by atoms with Gasteiger partial charge in [0.25, 0.3) is 0 Å². The summed E-state index contributed by atoms with van der Waals surface area (Å²) in [6, 6.07) is 11.4. The SMILES string of the molecule is Cc1ccc(NCc2ccccc2C(F)(F)F)cc1I. The van der Waals surface area contributed by atoms with Crippen molar-refractivity contribution >= 4 is 28.3 Å². The number of nitrogens with one attached hydrogen (secondary N) is 1. The highest BCUT2D eigenvalue weighted by molar-refractivity contribution is 14.1. The van der Waals surface area contributed by atoms with Gasteiger partial charge in [0.1, 0.15) is 0 Å². The summed E-state index contributed by atoms with van der Waals surface area (Å²) in [5.74, 6) is 0. The van der Waals surface area contributed by atoms with Crippen molar-refractivity contribution in [2.45, 2.75) is 19.6 Å². The number of hydrogen-bond donors (Lipinski definition) is 1. The lowest BCUT2D eigenvalue weighted by molar-refractivity contribution is -0.138. The van der Waals surface area contributed by atoms with Crippen LogP contribution < -0.4 is 5.32 Å². The zero-order chi connectivity index (χ0) is 14.8. The van der Waals surface area contributed by atoms with Crippen molar-refractivity contribution in [3.05, 3.63) is 62.7 Å². The lowest BCUT2D eigenvalue weighted by atomic mass is 10.1. The van der Waals surface area contributed by atoms with Crippen LogP contribution >= 0.6 is 22.6 Å². The summed E-state index contributed by atoms with van der Waals surface area (Å²) in [4.78, 5) is 0. The highest BCUT2D eigenvalue weighted by atomic mass is 127. The van der Waals surface area contributed by atoms with Gasteiger partial charge in [0.15, 0.2) is 0 Å². The molecule has 2 aromatic carbocycles. The van der Waals surface area contributed by atoms with Gasteiger partial charge in [0, 0.05) is 15.8 Å². The second-order valence-corrected chi connectivity index (χ2v) is 5.63. The van der Waals surface area contributed by atoms with E-state index in [0.29, 0.717) is 0 Å². The van der Waals surface area contributed by atoms with Crippen LogP contribution in [0.3, 0.4) is 0 Å². The van der Waals surface area contributed by atoms with Crippen molar-refractivity contribution in [3.8, 4) is 0 Å². The van der Waals surface area contributed by atoms with Crippen LogP contribution in [0.25, 0.3) is 0 Å². The average Bonchev–Trinajstić information content (AvgIpc) is 2.39. The first-order valence-corrected chi connectivity index (χ1v) is 7.11. The summed E-state index contributed by atoms with van der Waals surface area (Å²) in [5, 5.41) is 3.04. The second kappa shape index (κ2) is 6.03. The molecule has 5 heteroatoms. The zero-order valence-corrected chi connectivity index (χ0v) is 12.9. The molecule has 0 bridgehead atoms. The molecule has 20 heavy (non-hydrogen) atoms. The van der Waals surface area contributed by atoms with E-state index in [4.69, 9.17) is 0 Å². The Balaban J connectivity index is 2.17.